The molecule has 0 aliphatic carbocycles. The Kier molecular flexibility index (Phi) is 5.45. The van der Waals surface area contributed by atoms with E-state index in [0.29, 0.717) is 18.0 Å². The van der Waals surface area contributed by atoms with Crippen LogP contribution in [0.2, 0.25) is 0 Å². The molecule has 1 amide bonds. The monoisotopic (exact) mass is 409 g/mol. The van der Waals surface area contributed by atoms with Crippen LogP contribution >= 0.6 is 11.3 Å². The molecule has 6 heteroatoms. The van der Waals surface area contributed by atoms with Gasteiger partial charge in [0.2, 0.25) is 0 Å². The summed E-state index contributed by atoms with van der Waals surface area (Å²) in [7, 11) is 4.92. The second-order valence-electron chi connectivity index (χ2n) is 6.81. The average molecular weight is 410 g/mol. The molecule has 0 bridgehead atoms. The van der Waals surface area contributed by atoms with Crippen molar-refractivity contribution in [1.82, 2.24) is 4.90 Å². The van der Waals surface area contributed by atoms with Gasteiger partial charge in [0.1, 0.15) is 5.75 Å². The number of fused-ring (bicyclic) bond motifs is 1. The summed E-state index contributed by atoms with van der Waals surface area (Å²) in [4.78, 5) is 16.0. The number of methoxy groups -OCH3 is 3. The summed E-state index contributed by atoms with van der Waals surface area (Å²) in [5.41, 5.74) is 3.26. The molecule has 29 heavy (non-hydrogen) atoms. The Morgan fingerprint density at radius 3 is 2.34 bits per heavy atom. The quantitative estimate of drug-likeness (QED) is 0.620. The zero-order valence-corrected chi connectivity index (χ0v) is 17.5. The number of ether oxygens (including phenoxy) is 3. The van der Waals surface area contributed by atoms with Gasteiger partial charge in [-0.15, -0.1) is 11.3 Å². The maximum absolute atomic E-state index is 13.3. The zero-order chi connectivity index (χ0) is 20.4. The van der Waals surface area contributed by atoms with Crippen LogP contribution < -0.4 is 14.2 Å². The van der Waals surface area contributed by atoms with Crippen LogP contribution in [0.4, 0.5) is 0 Å². The minimum absolute atomic E-state index is 0.0428. The topological polar surface area (TPSA) is 48.0 Å². The summed E-state index contributed by atoms with van der Waals surface area (Å²) in [6.45, 7) is 0.635. The smallest absolute Gasteiger partial charge is 0.264 e. The summed E-state index contributed by atoms with van der Waals surface area (Å²) >= 11 is 1.47. The van der Waals surface area contributed by atoms with Gasteiger partial charge in [0.15, 0.2) is 11.5 Å². The number of carbonyl (C=O) groups is 1. The summed E-state index contributed by atoms with van der Waals surface area (Å²) < 4.78 is 16.3. The molecule has 150 valence electrons. The highest BCUT2D eigenvalue weighted by atomic mass is 32.1. The second kappa shape index (κ2) is 8.17. The molecule has 5 nitrogen and oxygen atoms in total. The first kappa shape index (κ1) is 19.3. The second-order valence-corrected chi connectivity index (χ2v) is 7.76. The lowest BCUT2D eigenvalue weighted by Crippen LogP contribution is -2.40. The molecule has 1 atom stereocenters. The van der Waals surface area contributed by atoms with Crippen LogP contribution in [0.25, 0.3) is 0 Å². The minimum Gasteiger partial charge on any atom is -0.497 e. The van der Waals surface area contributed by atoms with E-state index in [9.17, 15) is 4.79 Å². The highest BCUT2D eigenvalue weighted by molar-refractivity contribution is 7.12. The number of benzene rings is 2. The lowest BCUT2D eigenvalue weighted by molar-refractivity contribution is 0.0699. The summed E-state index contributed by atoms with van der Waals surface area (Å²) in [5, 5.41) is 1.93. The fraction of sp³-hybridized carbons (Fsp3) is 0.261. The Labute approximate surface area is 174 Å². The molecule has 2 heterocycles. The SMILES string of the molecule is COc1ccc([C@@H]2c3cc(OC)c(OC)cc3CCN2C(=O)c2cccs2)cc1. The fourth-order valence-corrected chi connectivity index (χ4v) is 4.53. The van der Waals surface area contributed by atoms with Gasteiger partial charge in [-0.25, -0.2) is 0 Å². The maximum atomic E-state index is 13.3. The predicted octanol–water partition coefficient (Wildman–Crippen LogP) is 4.56. The number of carbonyl (C=O) groups excluding carboxylic acids is 1. The Hall–Kier alpha value is -2.99. The van der Waals surface area contributed by atoms with Gasteiger partial charge < -0.3 is 19.1 Å². The molecule has 0 saturated heterocycles. The average Bonchev–Trinajstić information content (AvgIpc) is 3.32. The third kappa shape index (κ3) is 3.56. The van der Waals surface area contributed by atoms with Gasteiger partial charge >= 0.3 is 0 Å². The van der Waals surface area contributed by atoms with Gasteiger partial charge in [-0.05, 0) is 58.8 Å². The molecule has 0 fully saturated rings. The van der Waals surface area contributed by atoms with Crippen molar-refractivity contribution in [3.63, 3.8) is 0 Å². The lowest BCUT2D eigenvalue weighted by atomic mass is 9.87. The molecule has 1 aliphatic heterocycles. The molecule has 3 aromatic rings. The first-order valence-corrected chi connectivity index (χ1v) is 10.3. The molecule has 0 radical (unpaired) electrons. The van der Waals surface area contributed by atoms with E-state index in [1.54, 1.807) is 21.3 Å². The first-order valence-electron chi connectivity index (χ1n) is 9.39. The van der Waals surface area contributed by atoms with Crippen molar-refractivity contribution in [3.05, 3.63) is 75.5 Å². The fourth-order valence-electron chi connectivity index (χ4n) is 3.85. The Morgan fingerprint density at radius 1 is 1.00 bits per heavy atom. The molecule has 1 aromatic heterocycles. The molecule has 0 saturated carbocycles. The first-order chi connectivity index (χ1) is 14.2. The number of amides is 1. The normalized spacial score (nSPS) is 15.6. The Bertz CT molecular complexity index is 998. The Balaban J connectivity index is 1.84. The molecule has 2 aromatic carbocycles. The highest BCUT2D eigenvalue weighted by Gasteiger charge is 2.34. The van der Waals surface area contributed by atoms with E-state index in [2.05, 4.69) is 0 Å². The van der Waals surface area contributed by atoms with E-state index in [1.165, 1.54) is 16.9 Å². The van der Waals surface area contributed by atoms with E-state index >= 15 is 0 Å². The van der Waals surface area contributed by atoms with E-state index < -0.39 is 0 Å². The van der Waals surface area contributed by atoms with Gasteiger partial charge in [0, 0.05) is 6.54 Å². The van der Waals surface area contributed by atoms with Crippen LogP contribution in [0.15, 0.2) is 53.9 Å². The highest BCUT2D eigenvalue weighted by Crippen LogP contribution is 2.42. The number of hydrogen-bond donors (Lipinski definition) is 0. The number of nitrogens with zero attached hydrogens (tertiary/aromatic N) is 1. The lowest BCUT2D eigenvalue weighted by Gasteiger charge is -2.38. The molecular formula is C23H23NO4S. The van der Waals surface area contributed by atoms with Crippen molar-refractivity contribution in [1.29, 1.82) is 0 Å². The van der Waals surface area contributed by atoms with Crippen molar-refractivity contribution in [2.75, 3.05) is 27.9 Å². The van der Waals surface area contributed by atoms with Gasteiger partial charge in [-0.1, -0.05) is 18.2 Å². The Morgan fingerprint density at radius 2 is 1.72 bits per heavy atom. The number of thiophene rings is 1. The van der Waals surface area contributed by atoms with E-state index in [0.717, 1.165) is 28.2 Å². The summed E-state index contributed by atoms with van der Waals surface area (Å²) in [6.07, 6.45) is 0.763. The molecule has 0 spiro atoms. The van der Waals surface area contributed by atoms with Crippen molar-refractivity contribution in [3.8, 4) is 17.2 Å². The maximum Gasteiger partial charge on any atom is 0.264 e. The van der Waals surface area contributed by atoms with Crippen LogP contribution in [0.1, 0.15) is 32.4 Å². The number of hydrogen-bond acceptors (Lipinski definition) is 5. The molecule has 4 rings (SSSR count). The van der Waals surface area contributed by atoms with E-state index in [1.807, 2.05) is 58.8 Å². The molecule has 0 unspecified atom stereocenters. The van der Waals surface area contributed by atoms with E-state index in [-0.39, 0.29) is 11.9 Å². The number of rotatable bonds is 5. The predicted molar refractivity (Wildman–Crippen MR) is 113 cm³/mol. The van der Waals surface area contributed by atoms with Crippen molar-refractivity contribution < 1.29 is 19.0 Å². The third-order valence-electron chi connectivity index (χ3n) is 5.30. The van der Waals surface area contributed by atoms with Gasteiger partial charge in [0.25, 0.3) is 5.91 Å². The zero-order valence-electron chi connectivity index (χ0n) is 16.7. The van der Waals surface area contributed by atoms with Crippen molar-refractivity contribution in [2.24, 2.45) is 0 Å². The van der Waals surface area contributed by atoms with Crippen LogP contribution in [0.3, 0.4) is 0 Å². The van der Waals surface area contributed by atoms with Gasteiger partial charge in [-0.2, -0.15) is 0 Å². The molecule has 0 N–H and O–H groups in total. The van der Waals surface area contributed by atoms with Crippen LogP contribution in [0.5, 0.6) is 17.2 Å². The largest absolute Gasteiger partial charge is 0.497 e. The third-order valence-corrected chi connectivity index (χ3v) is 6.16. The van der Waals surface area contributed by atoms with Crippen LogP contribution in [-0.4, -0.2) is 38.7 Å². The molecular weight excluding hydrogens is 386 g/mol. The van der Waals surface area contributed by atoms with Crippen LogP contribution in [-0.2, 0) is 6.42 Å². The van der Waals surface area contributed by atoms with Crippen molar-refractivity contribution >= 4 is 17.2 Å². The summed E-state index contributed by atoms with van der Waals surface area (Å²) in [5.74, 6) is 2.20. The standard InChI is InChI=1S/C23H23NO4S/c1-26-17-8-6-15(7-9-17)22-18-14-20(28-3)19(27-2)13-16(18)10-11-24(22)23(25)21-5-4-12-29-21/h4-9,12-14,22H,10-11H2,1-3H3/t22-/m1/s1. The molecule has 1 aliphatic rings. The van der Waals surface area contributed by atoms with Gasteiger partial charge in [0.05, 0.1) is 32.2 Å². The van der Waals surface area contributed by atoms with E-state index in [4.69, 9.17) is 14.2 Å². The van der Waals surface area contributed by atoms with Crippen molar-refractivity contribution in [2.45, 2.75) is 12.5 Å². The summed E-state index contributed by atoms with van der Waals surface area (Å²) in [6, 6.07) is 15.5. The minimum atomic E-state index is -0.209. The van der Waals surface area contributed by atoms with Crippen LogP contribution in [0, 0.1) is 0 Å². The van der Waals surface area contributed by atoms with Gasteiger partial charge in [-0.3, -0.25) is 4.79 Å².